The molecule has 3 heterocycles. The largest absolute Gasteiger partial charge is 0.503 e. The fourth-order valence-electron chi connectivity index (χ4n) is 9.27. The molecule has 5 nitrogen and oxygen atoms in total. The number of rotatable bonds is 8. The van der Waals surface area contributed by atoms with Gasteiger partial charge in [0.05, 0.1) is 0 Å². The normalized spacial score (nSPS) is 15.2. The molecule has 0 unspecified atom stereocenters. The first-order valence-corrected chi connectivity index (χ1v) is 20.1. The Kier molecular flexibility index (Phi) is 10.4. The van der Waals surface area contributed by atoms with Crippen molar-refractivity contribution in [3.05, 3.63) is 151 Å². The van der Waals surface area contributed by atoms with Crippen molar-refractivity contribution in [1.29, 1.82) is 0 Å². The molecule has 0 N–H and O–H groups in total. The molecule has 0 saturated heterocycles. The van der Waals surface area contributed by atoms with Crippen LogP contribution in [0.25, 0.3) is 61.4 Å². The van der Waals surface area contributed by atoms with Crippen LogP contribution in [0, 0.1) is 12.1 Å². The summed E-state index contributed by atoms with van der Waals surface area (Å²) in [5.74, 6) is 3.83. The molecule has 0 aliphatic heterocycles. The van der Waals surface area contributed by atoms with Crippen LogP contribution in [0.4, 0.5) is 0 Å². The van der Waals surface area contributed by atoms with Crippen molar-refractivity contribution in [1.82, 2.24) is 19.5 Å². The van der Waals surface area contributed by atoms with Gasteiger partial charge in [0.2, 0.25) is 0 Å². The third kappa shape index (κ3) is 6.92. The van der Waals surface area contributed by atoms with Crippen LogP contribution in [0.15, 0.2) is 128 Å². The van der Waals surface area contributed by atoms with Gasteiger partial charge < -0.3 is 19.3 Å². The number of hydrogen-bond donors (Lipinski definition) is 0. The van der Waals surface area contributed by atoms with Gasteiger partial charge in [0, 0.05) is 44.3 Å². The first kappa shape index (κ1) is 36.4. The fourth-order valence-corrected chi connectivity index (χ4v) is 9.27. The topological polar surface area (TPSA) is 54.0 Å². The standard InChI is InChI=1S/C50H43N4O.Pt/c1-4-15-34(16-5-1)39-28-26-37(55-38-27-29-43-42-21-10-11-24-46(42)54(47(43)32-38)48-25-12-13-30-51-48)31-44(39)50-52-33-45(53-50)49-40(35-17-6-2-7-18-35)22-14-23-41(49)36-19-8-3-9-20-36;/h1,4-5,10-16,21-30,33,35-36H,2-3,6-9,17-20H2;/q-3;. The summed E-state index contributed by atoms with van der Waals surface area (Å²) in [7, 11) is 0. The molecule has 0 bridgehead atoms. The Bertz CT molecular complexity index is 2560. The SMILES string of the molecule is [Pt].[c-]1c(Oc2[c-]c3c(cc2)c2ccccc2n3-c2ccccn2)ccc(-c2ccccc2)c1-c1nc(-c2c(C3CCCCC3)cccc2C2CCCCC2)c[n-]1. The number of nitrogens with zero attached hydrogens (tertiary/aromatic N) is 4. The molecule has 0 spiro atoms. The number of imidazole rings is 1. The average Bonchev–Trinajstić information content (AvgIpc) is 3.88. The second-order valence-corrected chi connectivity index (χ2v) is 15.3. The van der Waals surface area contributed by atoms with Crippen LogP contribution in [-0.4, -0.2) is 14.5 Å². The van der Waals surface area contributed by atoms with Crippen molar-refractivity contribution in [2.24, 2.45) is 0 Å². The summed E-state index contributed by atoms with van der Waals surface area (Å²) in [6.45, 7) is 0. The Hall–Kier alpha value is -5.25. The van der Waals surface area contributed by atoms with Crippen molar-refractivity contribution in [3.63, 3.8) is 0 Å². The molecule has 56 heavy (non-hydrogen) atoms. The molecular formula is C50H43N4OPt-3. The Morgan fingerprint density at radius 2 is 1.30 bits per heavy atom. The van der Waals surface area contributed by atoms with E-state index in [0.717, 1.165) is 50.0 Å². The van der Waals surface area contributed by atoms with Gasteiger partial charge in [-0.05, 0) is 83.5 Å². The third-order valence-electron chi connectivity index (χ3n) is 11.9. The van der Waals surface area contributed by atoms with Gasteiger partial charge in [-0.3, -0.25) is 0 Å². The molecule has 10 rings (SSSR count). The van der Waals surface area contributed by atoms with Crippen molar-refractivity contribution in [2.45, 2.75) is 76.0 Å². The minimum Gasteiger partial charge on any atom is -0.503 e. The zero-order valence-corrected chi connectivity index (χ0v) is 33.6. The quantitative estimate of drug-likeness (QED) is 0.143. The zero-order valence-electron chi connectivity index (χ0n) is 31.4. The Morgan fingerprint density at radius 1 is 0.625 bits per heavy atom. The molecule has 8 aromatic rings. The summed E-state index contributed by atoms with van der Waals surface area (Å²) in [6, 6.07) is 47.3. The molecule has 6 heteroatoms. The average molecular weight is 911 g/mol. The Morgan fingerprint density at radius 3 is 2.04 bits per heavy atom. The van der Waals surface area contributed by atoms with Gasteiger partial charge in [-0.2, -0.15) is 6.07 Å². The number of benzene rings is 5. The number of aromatic nitrogens is 4. The zero-order chi connectivity index (χ0) is 36.6. The van der Waals surface area contributed by atoms with Crippen LogP contribution in [0.5, 0.6) is 11.5 Å². The van der Waals surface area contributed by atoms with Crippen LogP contribution >= 0.6 is 0 Å². The number of ether oxygens (including phenoxy) is 1. The van der Waals surface area contributed by atoms with E-state index < -0.39 is 0 Å². The van der Waals surface area contributed by atoms with Crippen molar-refractivity contribution in [3.8, 4) is 51.1 Å². The van der Waals surface area contributed by atoms with E-state index in [2.05, 4.69) is 101 Å². The molecule has 2 aliphatic rings. The van der Waals surface area contributed by atoms with Crippen molar-refractivity contribution in [2.75, 3.05) is 0 Å². The van der Waals surface area contributed by atoms with Crippen LogP contribution < -0.4 is 9.72 Å². The number of pyridine rings is 1. The van der Waals surface area contributed by atoms with Gasteiger partial charge in [0.15, 0.2) is 0 Å². The van der Waals surface area contributed by atoms with Gasteiger partial charge in [-0.15, -0.1) is 46.6 Å². The first-order chi connectivity index (χ1) is 27.3. The molecule has 3 aromatic heterocycles. The summed E-state index contributed by atoms with van der Waals surface area (Å²) >= 11 is 0. The van der Waals surface area contributed by atoms with E-state index in [1.807, 2.05) is 48.8 Å². The van der Waals surface area contributed by atoms with E-state index in [-0.39, 0.29) is 21.1 Å². The third-order valence-corrected chi connectivity index (χ3v) is 11.9. The second-order valence-electron chi connectivity index (χ2n) is 15.3. The van der Waals surface area contributed by atoms with Crippen LogP contribution in [0.3, 0.4) is 0 Å². The number of para-hydroxylation sites is 1. The predicted octanol–water partition coefficient (Wildman–Crippen LogP) is 13.0. The van der Waals surface area contributed by atoms with E-state index in [9.17, 15) is 0 Å². The Balaban J connectivity index is 0.00000410. The van der Waals surface area contributed by atoms with Gasteiger partial charge >= 0.3 is 0 Å². The molecule has 2 saturated carbocycles. The summed E-state index contributed by atoms with van der Waals surface area (Å²) in [4.78, 5) is 15.1. The number of fused-ring (bicyclic) bond motifs is 3. The summed E-state index contributed by atoms with van der Waals surface area (Å²) in [5, 5.41) is 2.24. The first-order valence-electron chi connectivity index (χ1n) is 20.1. The fraction of sp³-hybridized carbons (Fsp3) is 0.240. The van der Waals surface area contributed by atoms with Crippen molar-refractivity contribution < 1.29 is 25.8 Å². The maximum atomic E-state index is 6.61. The molecule has 2 fully saturated rings. The second kappa shape index (κ2) is 16.1. The van der Waals surface area contributed by atoms with Gasteiger partial charge in [-0.1, -0.05) is 135 Å². The summed E-state index contributed by atoms with van der Waals surface area (Å²) in [6.07, 6.45) is 16.7. The molecule has 5 aromatic carbocycles. The van der Waals surface area contributed by atoms with E-state index in [0.29, 0.717) is 29.2 Å². The van der Waals surface area contributed by atoms with Gasteiger partial charge in [0.25, 0.3) is 0 Å². The van der Waals surface area contributed by atoms with E-state index in [1.54, 1.807) is 0 Å². The van der Waals surface area contributed by atoms with E-state index >= 15 is 0 Å². The molecule has 0 amide bonds. The Labute approximate surface area is 343 Å². The molecule has 2 aliphatic carbocycles. The van der Waals surface area contributed by atoms with Crippen molar-refractivity contribution >= 4 is 21.8 Å². The number of hydrogen-bond acceptors (Lipinski definition) is 3. The molecule has 282 valence electrons. The van der Waals surface area contributed by atoms with Gasteiger partial charge in [0.1, 0.15) is 5.82 Å². The van der Waals surface area contributed by atoms with Crippen LogP contribution in [0.2, 0.25) is 0 Å². The van der Waals surface area contributed by atoms with E-state index in [1.165, 1.54) is 80.9 Å². The minimum absolute atomic E-state index is 0. The predicted molar refractivity (Wildman–Crippen MR) is 222 cm³/mol. The van der Waals surface area contributed by atoms with E-state index in [4.69, 9.17) is 14.7 Å². The smallest absolute Gasteiger partial charge is 0.135 e. The summed E-state index contributed by atoms with van der Waals surface area (Å²) < 4.78 is 8.76. The minimum atomic E-state index is 0. The van der Waals surface area contributed by atoms with Crippen LogP contribution in [0.1, 0.15) is 87.2 Å². The van der Waals surface area contributed by atoms with Crippen LogP contribution in [-0.2, 0) is 21.1 Å². The maximum Gasteiger partial charge on any atom is 0.135 e. The maximum absolute atomic E-state index is 6.61. The molecular weight excluding hydrogens is 868 g/mol. The molecule has 0 atom stereocenters. The monoisotopic (exact) mass is 910 g/mol. The van der Waals surface area contributed by atoms with Gasteiger partial charge in [-0.25, -0.2) is 4.98 Å². The molecule has 0 radical (unpaired) electrons. The summed E-state index contributed by atoms with van der Waals surface area (Å²) in [5.41, 5.74) is 10.2.